The third-order valence-electron chi connectivity index (χ3n) is 3.49. The van der Waals surface area contributed by atoms with Gasteiger partial charge in [0, 0.05) is 42.3 Å². The van der Waals surface area contributed by atoms with Gasteiger partial charge in [0.1, 0.15) is 5.82 Å². The molecule has 128 valence electrons. The summed E-state index contributed by atoms with van der Waals surface area (Å²) < 4.78 is 2.19. The lowest BCUT2D eigenvalue weighted by molar-refractivity contribution is 0.588. The summed E-state index contributed by atoms with van der Waals surface area (Å²) >= 11 is 1.82. The first-order valence-electron chi connectivity index (χ1n) is 7.66. The average molecular weight is 447 g/mol. The van der Waals surface area contributed by atoms with Gasteiger partial charge in [0.2, 0.25) is 0 Å². The summed E-state index contributed by atoms with van der Waals surface area (Å²) in [6.07, 6.45) is 6.12. The van der Waals surface area contributed by atoms with E-state index in [1.807, 2.05) is 37.7 Å². The number of aliphatic imine (C=N–C) groups is 1. The molecule has 0 saturated carbocycles. The van der Waals surface area contributed by atoms with Gasteiger partial charge in [-0.2, -0.15) is 0 Å². The monoisotopic (exact) mass is 447 g/mol. The van der Waals surface area contributed by atoms with Crippen LogP contribution in [0.3, 0.4) is 0 Å². The highest BCUT2D eigenvalue weighted by molar-refractivity contribution is 14.0. The van der Waals surface area contributed by atoms with Crippen molar-refractivity contribution < 1.29 is 0 Å². The molecule has 2 aromatic rings. The van der Waals surface area contributed by atoms with Crippen LogP contribution in [0.4, 0.5) is 0 Å². The highest BCUT2D eigenvalue weighted by atomic mass is 127. The van der Waals surface area contributed by atoms with Crippen LogP contribution < -0.4 is 10.6 Å². The van der Waals surface area contributed by atoms with E-state index in [0.29, 0.717) is 0 Å². The molecule has 0 atom stereocenters. The van der Waals surface area contributed by atoms with Gasteiger partial charge in [-0.15, -0.1) is 35.3 Å². The number of thiophene rings is 1. The minimum absolute atomic E-state index is 0. The number of aromatic nitrogens is 2. The molecule has 2 aromatic heterocycles. The van der Waals surface area contributed by atoms with Crippen LogP contribution in [0, 0.1) is 13.8 Å². The number of imidazole rings is 1. The van der Waals surface area contributed by atoms with Gasteiger partial charge in [0.05, 0.1) is 6.54 Å². The Morgan fingerprint density at radius 2 is 2.09 bits per heavy atom. The van der Waals surface area contributed by atoms with Gasteiger partial charge in [-0.1, -0.05) is 0 Å². The van der Waals surface area contributed by atoms with Crippen molar-refractivity contribution >= 4 is 41.3 Å². The topological polar surface area (TPSA) is 54.2 Å². The molecule has 7 heteroatoms. The Morgan fingerprint density at radius 3 is 2.70 bits per heavy atom. The molecule has 0 aliphatic rings. The predicted molar refractivity (Wildman–Crippen MR) is 109 cm³/mol. The van der Waals surface area contributed by atoms with Crippen molar-refractivity contribution in [2.75, 3.05) is 13.6 Å². The molecule has 0 saturated heterocycles. The van der Waals surface area contributed by atoms with Gasteiger partial charge in [-0.05, 0) is 38.8 Å². The quantitative estimate of drug-likeness (QED) is 0.296. The lowest BCUT2D eigenvalue weighted by atomic mass is 10.3. The van der Waals surface area contributed by atoms with Crippen molar-refractivity contribution in [1.29, 1.82) is 0 Å². The fourth-order valence-electron chi connectivity index (χ4n) is 2.23. The summed E-state index contributed by atoms with van der Waals surface area (Å²) in [5.41, 5.74) is 0. The molecule has 0 unspecified atom stereocenters. The standard InChI is InChI=1S/C16H25N5S.HI/c1-13-6-7-15(22-13)12-20-16(17-3)19-8-4-5-10-21-11-9-18-14(21)2;/h6-7,9,11H,4-5,8,10,12H2,1-3H3,(H2,17,19,20);1H. The van der Waals surface area contributed by atoms with E-state index in [9.17, 15) is 0 Å². The van der Waals surface area contributed by atoms with Crippen molar-refractivity contribution in [3.05, 3.63) is 40.1 Å². The highest BCUT2D eigenvalue weighted by Crippen LogP contribution is 2.14. The number of aryl methyl sites for hydroxylation is 3. The van der Waals surface area contributed by atoms with Gasteiger partial charge < -0.3 is 15.2 Å². The first-order chi connectivity index (χ1) is 10.7. The van der Waals surface area contributed by atoms with E-state index in [1.54, 1.807) is 0 Å². The maximum absolute atomic E-state index is 4.26. The number of hydrogen-bond donors (Lipinski definition) is 2. The van der Waals surface area contributed by atoms with E-state index in [0.717, 1.165) is 44.3 Å². The third-order valence-corrected chi connectivity index (χ3v) is 4.49. The normalized spacial score (nSPS) is 11.2. The Bertz CT molecular complexity index is 605. The molecule has 0 amide bonds. The molecule has 0 fully saturated rings. The average Bonchev–Trinajstić information content (AvgIpc) is 3.11. The van der Waals surface area contributed by atoms with Crippen LogP contribution in [0.2, 0.25) is 0 Å². The summed E-state index contributed by atoms with van der Waals surface area (Å²) in [5.74, 6) is 1.95. The fraction of sp³-hybridized carbons (Fsp3) is 0.500. The lowest BCUT2D eigenvalue weighted by Gasteiger charge is -2.11. The maximum atomic E-state index is 4.26. The lowest BCUT2D eigenvalue weighted by Crippen LogP contribution is -2.37. The number of hydrogen-bond acceptors (Lipinski definition) is 3. The van der Waals surface area contributed by atoms with Gasteiger partial charge in [-0.3, -0.25) is 4.99 Å². The summed E-state index contributed by atoms with van der Waals surface area (Å²) in [7, 11) is 1.81. The van der Waals surface area contributed by atoms with Gasteiger partial charge in [0.25, 0.3) is 0 Å². The number of nitrogens with zero attached hydrogens (tertiary/aromatic N) is 3. The Balaban J connectivity index is 0.00000264. The van der Waals surface area contributed by atoms with Crippen molar-refractivity contribution in [3.8, 4) is 0 Å². The molecular formula is C16H26IN5S. The minimum atomic E-state index is 0. The van der Waals surface area contributed by atoms with Crippen molar-refractivity contribution in [2.24, 2.45) is 4.99 Å². The zero-order valence-electron chi connectivity index (χ0n) is 14.0. The summed E-state index contributed by atoms with van der Waals surface area (Å²) in [6, 6.07) is 4.31. The highest BCUT2D eigenvalue weighted by Gasteiger charge is 2.00. The molecule has 5 nitrogen and oxygen atoms in total. The molecule has 0 spiro atoms. The van der Waals surface area contributed by atoms with E-state index < -0.39 is 0 Å². The van der Waals surface area contributed by atoms with Crippen LogP contribution in [0.25, 0.3) is 0 Å². The van der Waals surface area contributed by atoms with Crippen molar-refractivity contribution in [2.45, 2.75) is 39.8 Å². The van der Waals surface area contributed by atoms with E-state index in [1.165, 1.54) is 9.75 Å². The first-order valence-corrected chi connectivity index (χ1v) is 8.48. The Hall–Kier alpha value is -1.09. The molecule has 2 heterocycles. The Kier molecular flexibility index (Phi) is 9.23. The zero-order chi connectivity index (χ0) is 15.8. The summed E-state index contributed by atoms with van der Waals surface area (Å²) in [5, 5.41) is 6.71. The second-order valence-electron chi connectivity index (χ2n) is 5.24. The largest absolute Gasteiger partial charge is 0.356 e. The number of halogens is 1. The van der Waals surface area contributed by atoms with Crippen molar-refractivity contribution in [1.82, 2.24) is 20.2 Å². The molecular weight excluding hydrogens is 421 g/mol. The van der Waals surface area contributed by atoms with Crippen molar-refractivity contribution in [3.63, 3.8) is 0 Å². The minimum Gasteiger partial charge on any atom is -0.356 e. The second-order valence-corrected chi connectivity index (χ2v) is 6.61. The Labute approximate surface area is 159 Å². The zero-order valence-corrected chi connectivity index (χ0v) is 17.1. The van der Waals surface area contributed by atoms with E-state index in [-0.39, 0.29) is 24.0 Å². The molecule has 2 rings (SSSR count). The van der Waals surface area contributed by atoms with E-state index in [2.05, 4.69) is 44.2 Å². The van der Waals surface area contributed by atoms with Crippen LogP contribution in [-0.2, 0) is 13.1 Å². The molecule has 2 N–H and O–H groups in total. The number of nitrogens with one attached hydrogen (secondary N) is 2. The Morgan fingerprint density at radius 1 is 1.26 bits per heavy atom. The number of unbranched alkanes of at least 4 members (excludes halogenated alkanes) is 1. The maximum Gasteiger partial charge on any atom is 0.191 e. The summed E-state index contributed by atoms with van der Waals surface area (Å²) in [6.45, 7) is 6.94. The fourth-order valence-corrected chi connectivity index (χ4v) is 3.06. The van der Waals surface area contributed by atoms with E-state index >= 15 is 0 Å². The molecule has 0 aromatic carbocycles. The van der Waals surface area contributed by atoms with Crippen LogP contribution in [0.15, 0.2) is 29.5 Å². The van der Waals surface area contributed by atoms with Crippen LogP contribution in [0.5, 0.6) is 0 Å². The smallest absolute Gasteiger partial charge is 0.191 e. The number of rotatable bonds is 7. The third kappa shape index (κ3) is 6.90. The van der Waals surface area contributed by atoms with E-state index in [4.69, 9.17) is 0 Å². The molecule has 0 aliphatic heterocycles. The molecule has 23 heavy (non-hydrogen) atoms. The SMILES string of the molecule is CN=C(NCCCCn1ccnc1C)NCc1ccc(C)s1.I. The predicted octanol–water partition coefficient (Wildman–Crippen LogP) is 3.32. The van der Waals surface area contributed by atoms with Crippen LogP contribution in [-0.4, -0.2) is 29.1 Å². The van der Waals surface area contributed by atoms with Gasteiger partial charge in [0.15, 0.2) is 5.96 Å². The first kappa shape index (κ1) is 20.0. The van der Waals surface area contributed by atoms with Gasteiger partial charge >= 0.3 is 0 Å². The summed E-state index contributed by atoms with van der Waals surface area (Å²) in [4.78, 5) is 11.2. The van der Waals surface area contributed by atoms with Gasteiger partial charge in [-0.25, -0.2) is 4.98 Å². The number of guanidine groups is 1. The second kappa shape index (κ2) is 10.6. The molecule has 0 radical (unpaired) electrons. The van der Waals surface area contributed by atoms with Crippen LogP contribution >= 0.6 is 35.3 Å². The molecule has 0 aliphatic carbocycles. The molecule has 0 bridgehead atoms. The van der Waals surface area contributed by atoms with Crippen LogP contribution in [0.1, 0.15) is 28.4 Å².